The summed E-state index contributed by atoms with van der Waals surface area (Å²) >= 11 is 0. The van der Waals surface area contributed by atoms with Crippen LogP contribution < -0.4 is 4.72 Å². The van der Waals surface area contributed by atoms with Gasteiger partial charge in [0, 0.05) is 23.7 Å². The average Bonchev–Trinajstić information content (AvgIpc) is 3.30. The van der Waals surface area contributed by atoms with E-state index in [1.54, 1.807) is 24.3 Å². The van der Waals surface area contributed by atoms with Gasteiger partial charge in [-0.15, -0.1) is 0 Å². The lowest BCUT2D eigenvalue weighted by molar-refractivity contribution is 0.103. The number of aromatic nitrogens is 1. The van der Waals surface area contributed by atoms with Crippen LogP contribution >= 0.6 is 0 Å². The lowest BCUT2D eigenvalue weighted by Crippen LogP contribution is -2.19. The smallest absolute Gasteiger partial charge is 0.234 e. The van der Waals surface area contributed by atoms with E-state index >= 15 is 0 Å². The molecule has 0 fully saturated rings. The molecule has 1 unspecified atom stereocenters. The molecule has 3 aromatic rings. The third-order valence-electron chi connectivity index (χ3n) is 5.29. The Kier molecular flexibility index (Phi) is 5.44. The summed E-state index contributed by atoms with van der Waals surface area (Å²) in [5.41, 5.74) is 2.61. The number of nitrogens with one attached hydrogen (secondary N) is 1. The zero-order valence-electron chi connectivity index (χ0n) is 16.1. The molecule has 0 amide bonds. The molecule has 0 bridgehead atoms. The second-order valence-corrected chi connectivity index (χ2v) is 9.05. The lowest BCUT2D eigenvalue weighted by Gasteiger charge is -2.13. The van der Waals surface area contributed by atoms with Gasteiger partial charge in [-0.1, -0.05) is 36.4 Å². The minimum atomic E-state index is -3.72. The summed E-state index contributed by atoms with van der Waals surface area (Å²) in [5, 5.41) is 8.81. The van der Waals surface area contributed by atoms with E-state index in [0.29, 0.717) is 29.8 Å². The number of sulfonamides is 1. The number of hydrogen-bond donors (Lipinski definition) is 2. The number of benzene rings is 2. The van der Waals surface area contributed by atoms with Crippen molar-refractivity contribution >= 4 is 21.5 Å². The van der Waals surface area contributed by atoms with Crippen molar-refractivity contribution < 1.29 is 22.7 Å². The number of fused-ring (bicyclic) bond motifs is 1. The maximum Gasteiger partial charge on any atom is 0.234 e. The van der Waals surface area contributed by atoms with E-state index in [-0.39, 0.29) is 17.4 Å². The van der Waals surface area contributed by atoms with Crippen molar-refractivity contribution in [3.05, 3.63) is 89.0 Å². The van der Waals surface area contributed by atoms with Crippen molar-refractivity contribution in [3.8, 4) is 0 Å². The maximum atomic E-state index is 14.8. The molecular formula is C22H21FN2O4S. The highest BCUT2D eigenvalue weighted by Crippen LogP contribution is 2.38. The molecule has 6 nitrogen and oxygen atoms in total. The number of aliphatic hydroxyl groups is 1. The molecule has 0 radical (unpaired) electrons. The number of carbonyl (C=O) groups is 1. The maximum absolute atomic E-state index is 14.8. The summed E-state index contributed by atoms with van der Waals surface area (Å²) in [4.78, 5) is 12.8. The van der Waals surface area contributed by atoms with Crippen LogP contribution in [0.1, 0.15) is 39.6 Å². The number of nitrogens with zero attached hydrogens (tertiary/aromatic N) is 1. The first-order valence-electron chi connectivity index (χ1n) is 9.59. The van der Waals surface area contributed by atoms with E-state index < -0.39 is 28.2 Å². The van der Waals surface area contributed by atoms with Gasteiger partial charge >= 0.3 is 0 Å². The van der Waals surface area contributed by atoms with Crippen LogP contribution in [-0.2, 0) is 16.6 Å². The molecule has 2 aromatic carbocycles. The molecule has 1 aliphatic heterocycles. The zero-order valence-corrected chi connectivity index (χ0v) is 16.9. The Morgan fingerprint density at radius 3 is 2.60 bits per heavy atom. The summed E-state index contributed by atoms with van der Waals surface area (Å²) < 4.78 is 42.6. The van der Waals surface area contributed by atoms with Crippen LogP contribution in [0.3, 0.4) is 0 Å². The molecule has 1 aromatic heterocycles. The molecule has 4 rings (SSSR count). The number of halogens is 1. The highest BCUT2D eigenvalue weighted by atomic mass is 32.2. The van der Waals surface area contributed by atoms with Crippen LogP contribution in [0.4, 0.5) is 10.1 Å². The van der Waals surface area contributed by atoms with Gasteiger partial charge in [-0.2, -0.15) is 0 Å². The first-order chi connectivity index (χ1) is 14.4. The van der Waals surface area contributed by atoms with Crippen LogP contribution in [0.15, 0.2) is 60.7 Å². The Labute approximate surface area is 174 Å². The van der Waals surface area contributed by atoms with Crippen LogP contribution in [0.2, 0.25) is 0 Å². The summed E-state index contributed by atoms with van der Waals surface area (Å²) in [6, 6.07) is 16.9. The quantitative estimate of drug-likeness (QED) is 0.566. The summed E-state index contributed by atoms with van der Waals surface area (Å²) in [5.74, 6) is -1.26. The van der Waals surface area contributed by atoms with E-state index in [2.05, 4.69) is 4.72 Å². The fourth-order valence-electron chi connectivity index (χ4n) is 3.92. The van der Waals surface area contributed by atoms with Gasteiger partial charge in [0.2, 0.25) is 15.8 Å². The van der Waals surface area contributed by atoms with E-state index in [9.17, 15) is 17.6 Å². The van der Waals surface area contributed by atoms with Crippen LogP contribution in [0, 0.1) is 5.82 Å². The second kappa shape index (κ2) is 8.04. The largest absolute Gasteiger partial charge is 0.395 e. The number of rotatable bonds is 7. The standard InChI is InChI=1S/C22H21FN2O4S/c23-19-14-16(24-30(28,29)13-12-26)6-7-17(19)18-10-11-25-20(18)8-9-21(25)22(27)15-4-2-1-3-5-15/h1-9,14,18,24,26H,10-13H2. The van der Waals surface area contributed by atoms with E-state index in [1.165, 1.54) is 6.07 Å². The zero-order chi connectivity index (χ0) is 21.3. The Morgan fingerprint density at radius 1 is 1.13 bits per heavy atom. The normalized spacial score (nSPS) is 15.7. The highest BCUT2D eigenvalue weighted by Gasteiger charge is 2.30. The molecule has 0 spiro atoms. The van der Waals surface area contributed by atoms with Crippen molar-refractivity contribution in [1.29, 1.82) is 0 Å². The predicted octanol–water partition coefficient (Wildman–Crippen LogP) is 3.13. The Balaban J connectivity index is 1.60. The van der Waals surface area contributed by atoms with Crippen molar-refractivity contribution in [1.82, 2.24) is 4.57 Å². The number of anilines is 1. The molecule has 8 heteroatoms. The van der Waals surface area contributed by atoms with Gasteiger partial charge in [0.1, 0.15) is 5.82 Å². The predicted molar refractivity (Wildman–Crippen MR) is 112 cm³/mol. The number of carbonyl (C=O) groups excluding carboxylic acids is 1. The van der Waals surface area contributed by atoms with Gasteiger partial charge in [-0.05, 0) is 36.2 Å². The number of aliphatic hydroxyl groups excluding tert-OH is 1. The Morgan fingerprint density at radius 2 is 1.90 bits per heavy atom. The fraction of sp³-hybridized carbons (Fsp3) is 0.227. The van der Waals surface area contributed by atoms with Crippen LogP contribution in [0.25, 0.3) is 0 Å². The van der Waals surface area contributed by atoms with Crippen molar-refractivity contribution in [2.45, 2.75) is 18.9 Å². The van der Waals surface area contributed by atoms with E-state index in [1.807, 2.05) is 28.8 Å². The molecule has 0 saturated heterocycles. The van der Waals surface area contributed by atoms with Crippen molar-refractivity contribution in [2.75, 3.05) is 17.1 Å². The van der Waals surface area contributed by atoms with Crippen molar-refractivity contribution in [2.24, 2.45) is 0 Å². The van der Waals surface area contributed by atoms with Gasteiger partial charge in [-0.25, -0.2) is 12.8 Å². The minimum Gasteiger partial charge on any atom is -0.395 e. The van der Waals surface area contributed by atoms with Crippen LogP contribution in [-0.4, -0.2) is 36.2 Å². The SMILES string of the molecule is O=C(c1ccccc1)c1ccc2n1CCC2c1ccc(NS(=O)(=O)CCO)cc1F. The second-order valence-electron chi connectivity index (χ2n) is 7.21. The van der Waals surface area contributed by atoms with Gasteiger partial charge in [0.25, 0.3) is 0 Å². The lowest BCUT2D eigenvalue weighted by atomic mass is 9.94. The van der Waals surface area contributed by atoms with Gasteiger partial charge in [0.15, 0.2) is 0 Å². The molecule has 2 N–H and O–H groups in total. The van der Waals surface area contributed by atoms with Gasteiger partial charge in [-0.3, -0.25) is 9.52 Å². The molecule has 1 aliphatic rings. The fourth-order valence-corrected chi connectivity index (χ4v) is 4.75. The van der Waals surface area contributed by atoms with Gasteiger partial charge < -0.3 is 9.67 Å². The Hall–Kier alpha value is -2.97. The molecule has 1 atom stereocenters. The summed E-state index contributed by atoms with van der Waals surface area (Å²) in [6.07, 6.45) is 0.651. The molecule has 156 valence electrons. The first kappa shape index (κ1) is 20.3. The summed E-state index contributed by atoms with van der Waals surface area (Å²) in [7, 11) is -3.72. The summed E-state index contributed by atoms with van der Waals surface area (Å²) in [6.45, 7) is 0.0875. The molecule has 0 saturated carbocycles. The topological polar surface area (TPSA) is 88.4 Å². The van der Waals surface area contributed by atoms with Crippen molar-refractivity contribution in [3.63, 3.8) is 0 Å². The molecule has 30 heavy (non-hydrogen) atoms. The first-order valence-corrected chi connectivity index (χ1v) is 11.2. The van der Waals surface area contributed by atoms with E-state index in [0.717, 1.165) is 11.8 Å². The Bertz CT molecular complexity index is 1190. The van der Waals surface area contributed by atoms with Gasteiger partial charge in [0.05, 0.1) is 23.7 Å². The third-order valence-corrected chi connectivity index (χ3v) is 6.56. The highest BCUT2D eigenvalue weighted by molar-refractivity contribution is 7.92. The molecule has 2 heterocycles. The number of ketones is 1. The number of hydrogen-bond acceptors (Lipinski definition) is 4. The van der Waals surface area contributed by atoms with Crippen LogP contribution in [0.5, 0.6) is 0 Å². The molecule has 0 aliphatic carbocycles. The average molecular weight is 428 g/mol. The monoisotopic (exact) mass is 428 g/mol. The molecular weight excluding hydrogens is 407 g/mol. The van der Waals surface area contributed by atoms with E-state index in [4.69, 9.17) is 5.11 Å². The third kappa shape index (κ3) is 3.88. The minimum absolute atomic E-state index is 0.0726.